The zero-order chi connectivity index (χ0) is 24.9. The molecule has 0 saturated carbocycles. The van der Waals surface area contributed by atoms with E-state index in [1.54, 1.807) is 25.2 Å². The number of carbonyl (C=O) groups excluding carboxylic acids is 1. The maximum atomic E-state index is 14.3. The molecule has 0 radical (unpaired) electrons. The summed E-state index contributed by atoms with van der Waals surface area (Å²) in [6.45, 7) is 2.81. The molecule has 10 heteroatoms. The van der Waals surface area contributed by atoms with Crippen LogP contribution in [0.2, 0.25) is 0 Å². The van der Waals surface area contributed by atoms with Gasteiger partial charge in [0.2, 0.25) is 5.82 Å². The fraction of sp³-hybridized carbons (Fsp3) is 0.320. The Labute approximate surface area is 202 Å². The molecule has 1 N–H and O–H groups in total. The Kier molecular flexibility index (Phi) is 7.31. The molecule has 0 bridgehead atoms. The second kappa shape index (κ2) is 10.6. The van der Waals surface area contributed by atoms with Gasteiger partial charge < -0.3 is 24.1 Å². The molecule has 3 aromatic rings. The standard InChI is InChI=1S/C25H27FN4O5/c1-15-21(24-28-23(29-35-24)17-8-11-20(34-4)19(26)14-17)22(16-6-9-18(33-3)10-7-16)27-25(31)30(15)12-5-13-32-2/h6-11,14,22H,5,12-13H2,1-4H3,(H,27,31). The van der Waals surface area contributed by atoms with Gasteiger partial charge >= 0.3 is 6.03 Å². The minimum absolute atomic E-state index is 0.122. The van der Waals surface area contributed by atoms with Gasteiger partial charge in [-0.15, -0.1) is 0 Å². The lowest BCUT2D eigenvalue weighted by atomic mass is 9.94. The Bertz CT molecular complexity index is 1220. The molecule has 1 aliphatic rings. The van der Waals surface area contributed by atoms with E-state index in [2.05, 4.69) is 15.5 Å². The number of allylic oxidation sites excluding steroid dienone is 1. The molecule has 9 nitrogen and oxygen atoms in total. The molecule has 1 aliphatic heterocycles. The van der Waals surface area contributed by atoms with Gasteiger partial charge in [-0.25, -0.2) is 9.18 Å². The Hall–Kier alpha value is -3.92. The van der Waals surface area contributed by atoms with E-state index in [1.165, 1.54) is 19.2 Å². The molecular weight excluding hydrogens is 455 g/mol. The molecule has 4 rings (SSSR count). The summed E-state index contributed by atoms with van der Waals surface area (Å²) in [4.78, 5) is 19.2. The van der Waals surface area contributed by atoms with Crippen molar-refractivity contribution in [3.05, 3.63) is 65.4 Å². The predicted octanol–water partition coefficient (Wildman–Crippen LogP) is 4.43. The smallest absolute Gasteiger partial charge is 0.322 e. The molecule has 1 unspecified atom stereocenters. The number of ether oxygens (including phenoxy) is 3. The van der Waals surface area contributed by atoms with E-state index in [0.717, 1.165) is 5.56 Å². The summed E-state index contributed by atoms with van der Waals surface area (Å²) in [5.74, 6) is 0.736. The average molecular weight is 483 g/mol. The van der Waals surface area contributed by atoms with Crippen LogP contribution in [0.1, 0.15) is 30.8 Å². The monoisotopic (exact) mass is 482 g/mol. The highest BCUT2D eigenvalue weighted by Crippen LogP contribution is 2.38. The van der Waals surface area contributed by atoms with Gasteiger partial charge in [-0.1, -0.05) is 17.3 Å². The first kappa shape index (κ1) is 24.2. The zero-order valence-corrected chi connectivity index (χ0v) is 20.0. The minimum Gasteiger partial charge on any atom is -0.497 e. The van der Waals surface area contributed by atoms with Crippen LogP contribution in [-0.2, 0) is 4.74 Å². The second-order valence-corrected chi connectivity index (χ2v) is 7.93. The first-order chi connectivity index (χ1) is 17.0. The van der Waals surface area contributed by atoms with Crippen LogP contribution in [-0.4, -0.2) is 55.6 Å². The van der Waals surface area contributed by atoms with E-state index in [1.807, 2.05) is 31.2 Å². The number of rotatable bonds is 9. The van der Waals surface area contributed by atoms with Crippen molar-refractivity contribution in [1.82, 2.24) is 20.4 Å². The summed E-state index contributed by atoms with van der Waals surface area (Å²) in [5.41, 5.74) is 2.59. The Morgan fingerprint density at radius 1 is 1.11 bits per heavy atom. The number of carbonyl (C=O) groups is 1. The van der Waals surface area contributed by atoms with Crippen LogP contribution < -0.4 is 14.8 Å². The fourth-order valence-corrected chi connectivity index (χ4v) is 4.00. The van der Waals surface area contributed by atoms with Gasteiger partial charge in [0.1, 0.15) is 5.75 Å². The quantitative estimate of drug-likeness (QED) is 0.451. The lowest BCUT2D eigenvalue weighted by Gasteiger charge is -2.35. The maximum Gasteiger partial charge on any atom is 0.322 e. The van der Waals surface area contributed by atoms with Crippen molar-refractivity contribution in [2.24, 2.45) is 0 Å². The van der Waals surface area contributed by atoms with Crippen LogP contribution in [0.4, 0.5) is 9.18 Å². The van der Waals surface area contributed by atoms with Crippen LogP contribution in [0.5, 0.6) is 11.5 Å². The third-order valence-corrected chi connectivity index (χ3v) is 5.84. The first-order valence-corrected chi connectivity index (χ1v) is 11.1. The number of hydrogen-bond donors (Lipinski definition) is 1. The number of halogens is 1. The first-order valence-electron chi connectivity index (χ1n) is 11.1. The van der Waals surface area contributed by atoms with Crippen LogP contribution in [0.3, 0.4) is 0 Å². The van der Waals surface area contributed by atoms with Gasteiger partial charge in [-0.2, -0.15) is 4.98 Å². The molecule has 0 saturated heterocycles. The third kappa shape index (κ3) is 4.97. The number of urea groups is 1. The summed E-state index contributed by atoms with van der Waals surface area (Å²) < 4.78 is 35.3. The minimum atomic E-state index is -0.534. The van der Waals surface area contributed by atoms with Crippen molar-refractivity contribution in [3.63, 3.8) is 0 Å². The number of nitrogens with zero attached hydrogens (tertiary/aromatic N) is 3. The molecule has 2 aromatic carbocycles. The van der Waals surface area contributed by atoms with Crippen LogP contribution >= 0.6 is 0 Å². The van der Waals surface area contributed by atoms with Gasteiger partial charge in [0.15, 0.2) is 11.6 Å². The molecule has 1 atom stereocenters. The molecular formula is C25H27FN4O5. The molecule has 35 heavy (non-hydrogen) atoms. The number of hydrogen-bond acceptors (Lipinski definition) is 7. The van der Waals surface area contributed by atoms with Crippen LogP contribution in [0.25, 0.3) is 17.0 Å². The molecule has 0 spiro atoms. The van der Waals surface area contributed by atoms with Crippen molar-refractivity contribution in [2.75, 3.05) is 34.5 Å². The highest BCUT2D eigenvalue weighted by Gasteiger charge is 2.35. The van der Waals surface area contributed by atoms with Crippen molar-refractivity contribution in [2.45, 2.75) is 19.4 Å². The highest BCUT2D eigenvalue weighted by molar-refractivity contribution is 5.86. The molecule has 2 heterocycles. The average Bonchev–Trinajstić information content (AvgIpc) is 3.35. The Morgan fingerprint density at radius 3 is 2.54 bits per heavy atom. The van der Waals surface area contributed by atoms with Gasteiger partial charge in [0.25, 0.3) is 5.89 Å². The molecule has 0 fully saturated rings. The summed E-state index contributed by atoms with van der Waals surface area (Å²) in [5, 5.41) is 7.11. The summed E-state index contributed by atoms with van der Waals surface area (Å²) in [6, 6.07) is 11.0. The lowest BCUT2D eigenvalue weighted by molar-refractivity contribution is 0.174. The van der Waals surface area contributed by atoms with Crippen molar-refractivity contribution in [3.8, 4) is 22.9 Å². The van der Waals surface area contributed by atoms with Gasteiger partial charge in [0.05, 0.1) is 25.8 Å². The van der Waals surface area contributed by atoms with Crippen molar-refractivity contribution >= 4 is 11.6 Å². The molecule has 2 amide bonds. The number of benzene rings is 2. The van der Waals surface area contributed by atoms with Gasteiger partial charge in [-0.05, 0) is 49.2 Å². The van der Waals surface area contributed by atoms with E-state index in [-0.39, 0.29) is 23.5 Å². The molecule has 184 valence electrons. The maximum absolute atomic E-state index is 14.3. The number of aromatic nitrogens is 2. The summed E-state index contributed by atoms with van der Waals surface area (Å²) in [6.07, 6.45) is 0.655. The number of methoxy groups -OCH3 is 3. The predicted molar refractivity (Wildman–Crippen MR) is 126 cm³/mol. The van der Waals surface area contributed by atoms with E-state index in [9.17, 15) is 9.18 Å². The lowest BCUT2D eigenvalue weighted by Crippen LogP contribution is -2.46. The normalized spacial score (nSPS) is 15.9. The molecule has 1 aromatic heterocycles. The van der Waals surface area contributed by atoms with E-state index < -0.39 is 11.9 Å². The summed E-state index contributed by atoms with van der Waals surface area (Å²) in [7, 11) is 4.60. The van der Waals surface area contributed by atoms with E-state index in [0.29, 0.717) is 42.2 Å². The number of nitrogens with one attached hydrogen (secondary N) is 1. The van der Waals surface area contributed by atoms with E-state index in [4.69, 9.17) is 18.7 Å². The summed E-state index contributed by atoms with van der Waals surface area (Å²) >= 11 is 0. The van der Waals surface area contributed by atoms with Gasteiger partial charge in [-0.3, -0.25) is 4.90 Å². The third-order valence-electron chi connectivity index (χ3n) is 5.84. The Balaban J connectivity index is 1.75. The van der Waals surface area contributed by atoms with Crippen LogP contribution in [0, 0.1) is 5.82 Å². The highest BCUT2D eigenvalue weighted by atomic mass is 19.1. The second-order valence-electron chi connectivity index (χ2n) is 7.93. The Morgan fingerprint density at radius 2 is 1.89 bits per heavy atom. The fourth-order valence-electron chi connectivity index (χ4n) is 4.00. The SMILES string of the molecule is COCCCN1C(=O)NC(c2ccc(OC)cc2)C(c2nc(-c3ccc(OC)c(F)c3)no2)=C1C. The zero-order valence-electron chi connectivity index (χ0n) is 20.0. The van der Waals surface area contributed by atoms with Crippen molar-refractivity contribution < 1.29 is 27.9 Å². The molecule has 0 aliphatic carbocycles. The van der Waals surface area contributed by atoms with Crippen LogP contribution in [0.15, 0.2) is 52.7 Å². The van der Waals surface area contributed by atoms with Crippen molar-refractivity contribution in [1.29, 1.82) is 0 Å². The van der Waals surface area contributed by atoms with E-state index >= 15 is 0 Å². The topological polar surface area (TPSA) is 99.0 Å². The largest absolute Gasteiger partial charge is 0.497 e. The van der Waals surface area contributed by atoms with Gasteiger partial charge in [0, 0.05) is 31.5 Å². The number of amides is 2.